The van der Waals surface area contributed by atoms with Crippen LogP contribution in [0.25, 0.3) is 0 Å². The Labute approximate surface area is 454 Å². The third-order valence-corrected chi connectivity index (χ3v) is 15.3. The topological polar surface area (TPSA) is 368 Å². The highest BCUT2D eigenvalue weighted by atomic mass is 31.2. The van der Waals surface area contributed by atoms with Crippen LogP contribution < -0.4 is 0 Å². The molecular weight excluding hydrogens is 1040 g/mol. The molecule has 2 aliphatic heterocycles. The summed E-state index contributed by atoms with van der Waals surface area (Å²) in [7, 11) is -5.63. The molecule has 0 bridgehead atoms. The fraction of sp³-hybridized carbons (Fsp3) is 0.925. The van der Waals surface area contributed by atoms with Gasteiger partial charge in [-0.25, -0.2) is 4.57 Å². The molecule has 77 heavy (non-hydrogen) atoms. The first-order valence-corrected chi connectivity index (χ1v) is 30.0. The molecule has 23 nitrogen and oxygen atoms in total. The molecule has 3 rings (SSSR count). The quantitative estimate of drug-likeness (QED) is 0.0181. The zero-order valence-electron chi connectivity index (χ0n) is 45.5. The van der Waals surface area contributed by atoms with Crippen LogP contribution in [0.2, 0.25) is 0 Å². The van der Waals surface area contributed by atoms with Crippen molar-refractivity contribution in [2.45, 2.75) is 285 Å². The lowest BCUT2D eigenvalue weighted by atomic mass is 9.84. The third kappa shape index (κ3) is 25.1. The molecule has 0 radical (unpaired) electrons. The summed E-state index contributed by atoms with van der Waals surface area (Å²) in [6.07, 6.45) is -5.02. The van der Waals surface area contributed by atoms with Gasteiger partial charge in [0.05, 0.1) is 19.8 Å². The second-order valence-electron chi connectivity index (χ2n) is 20.8. The number of carbonyl (C=O) groups is 2. The first-order valence-electron chi connectivity index (χ1n) is 28.5. The molecule has 0 amide bonds. The standard InChI is InChI=1S/C53H97O23P/c1-3-5-7-9-11-13-15-17-19-21-23-25-27-29-38(56)69-33-35(71-39(57)30-28-26-24-22-20-18-16-14-12-10-8-6-4-2)34-70-77(67,68)76-51-49(74-52-47(65)42(60)40(58)36(31-54)72-52)45(63)44(62)46(64)50(51)75-53-48(66)43(61)41(59)37(32-55)73-53/h17,19,35-37,40-55,58-66H,3-16,18,20-34H2,1-2H3,(H,67,68)/b19-17-. The second-order valence-corrected chi connectivity index (χ2v) is 22.2. The van der Waals surface area contributed by atoms with E-state index in [1.165, 1.54) is 77.0 Å². The Kier molecular flexibility index (Phi) is 35.0. The van der Waals surface area contributed by atoms with Crippen molar-refractivity contribution in [3.63, 3.8) is 0 Å². The predicted octanol–water partition coefficient (Wildman–Crippen LogP) is 3.15. The van der Waals surface area contributed by atoms with E-state index in [4.69, 9.17) is 37.5 Å². The van der Waals surface area contributed by atoms with Gasteiger partial charge in [0.25, 0.3) is 0 Å². The molecule has 12 N–H and O–H groups in total. The first-order chi connectivity index (χ1) is 36.9. The van der Waals surface area contributed by atoms with Gasteiger partial charge in [0.2, 0.25) is 0 Å². The maximum absolute atomic E-state index is 14.0. The van der Waals surface area contributed by atoms with E-state index in [1.54, 1.807) is 0 Å². The number of phosphoric ester groups is 1. The number of phosphoric acid groups is 1. The summed E-state index contributed by atoms with van der Waals surface area (Å²) in [6.45, 7) is 0.971. The van der Waals surface area contributed by atoms with Crippen LogP contribution in [0.3, 0.4) is 0 Å². The largest absolute Gasteiger partial charge is 0.472 e. The Hall–Kier alpha value is -1.81. The number of carbonyl (C=O) groups excluding carboxylic acids is 2. The normalized spacial score (nSPS) is 32.0. The lowest BCUT2D eigenvalue weighted by Gasteiger charge is -2.49. The van der Waals surface area contributed by atoms with E-state index in [0.717, 1.165) is 64.2 Å². The monoisotopic (exact) mass is 1130 g/mol. The van der Waals surface area contributed by atoms with Crippen molar-refractivity contribution < 1.29 is 113 Å². The summed E-state index contributed by atoms with van der Waals surface area (Å²) < 4.78 is 58.0. The van der Waals surface area contributed by atoms with Crippen molar-refractivity contribution in [2.24, 2.45) is 0 Å². The molecule has 3 aliphatic rings. The Morgan fingerprint density at radius 1 is 0.481 bits per heavy atom. The number of esters is 2. The van der Waals surface area contributed by atoms with E-state index in [9.17, 15) is 75.2 Å². The number of rotatable bonds is 41. The molecule has 16 unspecified atom stereocenters. The smallest absolute Gasteiger partial charge is 0.462 e. The summed E-state index contributed by atoms with van der Waals surface area (Å²) in [5.74, 6) is -1.35. The minimum absolute atomic E-state index is 0.0307. The lowest BCUT2D eigenvalue weighted by molar-refractivity contribution is -0.360. The van der Waals surface area contributed by atoms with Gasteiger partial charge < -0.3 is 89.5 Å². The summed E-state index contributed by atoms with van der Waals surface area (Å²) in [6, 6.07) is 0. The van der Waals surface area contributed by atoms with Crippen molar-refractivity contribution in [3.8, 4) is 0 Å². The summed E-state index contributed by atoms with van der Waals surface area (Å²) >= 11 is 0. The van der Waals surface area contributed by atoms with E-state index >= 15 is 0 Å². The van der Waals surface area contributed by atoms with Gasteiger partial charge in [-0.15, -0.1) is 0 Å². The van der Waals surface area contributed by atoms with Crippen LogP contribution in [-0.4, -0.2) is 204 Å². The first kappa shape index (κ1) is 69.5. The number of hydrogen-bond acceptors (Lipinski definition) is 22. The number of ether oxygens (including phenoxy) is 6. The molecule has 3 fully saturated rings. The van der Waals surface area contributed by atoms with Gasteiger partial charge >= 0.3 is 19.8 Å². The highest BCUT2D eigenvalue weighted by Crippen LogP contribution is 2.49. The minimum Gasteiger partial charge on any atom is -0.462 e. The van der Waals surface area contributed by atoms with Gasteiger partial charge in [-0.05, 0) is 38.5 Å². The van der Waals surface area contributed by atoms with Crippen LogP contribution in [0.4, 0.5) is 0 Å². The van der Waals surface area contributed by atoms with Crippen LogP contribution in [0.15, 0.2) is 12.2 Å². The third-order valence-electron chi connectivity index (χ3n) is 14.3. The molecular formula is C53H97O23P. The average Bonchev–Trinajstić information content (AvgIpc) is 3.43. The van der Waals surface area contributed by atoms with Gasteiger partial charge in [-0.2, -0.15) is 0 Å². The predicted molar refractivity (Wildman–Crippen MR) is 277 cm³/mol. The van der Waals surface area contributed by atoms with Crippen molar-refractivity contribution in [2.75, 3.05) is 26.4 Å². The molecule has 0 aromatic carbocycles. The number of hydrogen-bond donors (Lipinski definition) is 12. The molecule has 0 aromatic heterocycles. The Bertz CT molecular complexity index is 1590. The SMILES string of the molecule is CCCCCCCC/C=C\CCCCCC(=O)OCC(COP(=O)(O)OC1C(OC2OC(CO)C(O)C(O)C2O)C(O)C(O)C(O)C1OC1OC(CO)C(O)C(O)C1O)OC(=O)CCCCCCCCCCCCCCC. The van der Waals surface area contributed by atoms with Crippen molar-refractivity contribution in [1.82, 2.24) is 0 Å². The van der Waals surface area contributed by atoms with E-state index in [1.807, 2.05) is 0 Å². The zero-order chi connectivity index (χ0) is 56.8. The van der Waals surface area contributed by atoms with Gasteiger partial charge in [-0.3, -0.25) is 18.6 Å². The van der Waals surface area contributed by atoms with Gasteiger partial charge in [0, 0.05) is 12.8 Å². The Balaban J connectivity index is 1.73. The fourth-order valence-corrected chi connectivity index (χ4v) is 10.5. The van der Waals surface area contributed by atoms with Gasteiger partial charge in [0.15, 0.2) is 18.7 Å². The van der Waals surface area contributed by atoms with Crippen LogP contribution in [0.5, 0.6) is 0 Å². The van der Waals surface area contributed by atoms with Crippen molar-refractivity contribution in [3.05, 3.63) is 12.2 Å². The molecule has 1 saturated carbocycles. The summed E-state index contributed by atoms with van der Waals surface area (Å²) in [5, 5.41) is 116. The molecule has 0 aromatic rings. The maximum Gasteiger partial charge on any atom is 0.472 e. The van der Waals surface area contributed by atoms with Crippen molar-refractivity contribution in [1.29, 1.82) is 0 Å². The van der Waals surface area contributed by atoms with Gasteiger partial charge in [0.1, 0.15) is 92.1 Å². The summed E-state index contributed by atoms with van der Waals surface area (Å²) in [4.78, 5) is 37.4. The second kappa shape index (κ2) is 38.8. The van der Waals surface area contributed by atoms with Gasteiger partial charge in [-0.1, -0.05) is 142 Å². The van der Waals surface area contributed by atoms with Crippen LogP contribution in [0.1, 0.15) is 181 Å². The lowest BCUT2D eigenvalue weighted by Crippen LogP contribution is -2.69. The molecule has 16 atom stereocenters. The molecule has 1 aliphatic carbocycles. The zero-order valence-corrected chi connectivity index (χ0v) is 46.4. The van der Waals surface area contributed by atoms with E-state index in [0.29, 0.717) is 12.8 Å². The molecule has 2 saturated heterocycles. The minimum atomic E-state index is -5.63. The molecule has 24 heteroatoms. The summed E-state index contributed by atoms with van der Waals surface area (Å²) in [5.41, 5.74) is 0. The fourth-order valence-electron chi connectivity index (χ4n) is 9.53. The Morgan fingerprint density at radius 3 is 1.29 bits per heavy atom. The van der Waals surface area contributed by atoms with Crippen LogP contribution in [0, 0.1) is 0 Å². The highest BCUT2D eigenvalue weighted by molar-refractivity contribution is 7.47. The van der Waals surface area contributed by atoms with Crippen LogP contribution >= 0.6 is 7.82 Å². The molecule has 452 valence electrons. The van der Waals surface area contributed by atoms with E-state index in [2.05, 4.69) is 26.0 Å². The van der Waals surface area contributed by atoms with Crippen LogP contribution in [-0.2, 0) is 51.6 Å². The van der Waals surface area contributed by atoms with Crippen molar-refractivity contribution >= 4 is 19.8 Å². The number of allylic oxidation sites excluding steroid dienone is 2. The Morgan fingerprint density at radius 2 is 0.857 bits per heavy atom. The van der Waals surface area contributed by atoms with E-state index < -0.39 is 150 Å². The van der Waals surface area contributed by atoms with E-state index in [-0.39, 0.29) is 12.8 Å². The maximum atomic E-state index is 14.0. The number of aliphatic hydroxyl groups is 11. The highest BCUT2D eigenvalue weighted by Gasteiger charge is 2.58. The number of aliphatic hydroxyl groups excluding tert-OH is 11. The molecule has 0 spiro atoms. The average molecular weight is 1130 g/mol. The molecule has 2 heterocycles. The number of unbranched alkanes of at least 4 members (excludes halogenated alkanes) is 21.